The quantitative estimate of drug-likeness (QED) is 0.588. The normalized spacial score (nSPS) is 13.6. The van der Waals surface area contributed by atoms with E-state index in [0.29, 0.717) is 62.7 Å². The van der Waals surface area contributed by atoms with E-state index in [-0.39, 0.29) is 11.8 Å². The van der Waals surface area contributed by atoms with Crippen molar-refractivity contribution in [1.82, 2.24) is 9.80 Å². The predicted molar refractivity (Wildman–Crippen MR) is 123 cm³/mol. The lowest BCUT2D eigenvalue weighted by Gasteiger charge is -2.35. The molecule has 1 aliphatic rings. The van der Waals surface area contributed by atoms with Gasteiger partial charge in [-0.25, -0.2) is 0 Å². The number of aryl methyl sites for hydroxylation is 2. The van der Waals surface area contributed by atoms with Crippen molar-refractivity contribution in [2.45, 2.75) is 26.7 Å². The number of benzene rings is 2. The zero-order chi connectivity index (χ0) is 23.1. The molecular formula is C25H32N2O5. The SMILES string of the molecule is COc1cccc(OC)c1C(=O)N1CCN(C(=O)CCCOc2c(C)cccc2C)CC1. The molecule has 0 spiro atoms. The number of carbonyl (C=O) groups is 2. The van der Waals surface area contributed by atoms with E-state index in [1.165, 1.54) is 14.2 Å². The van der Waals surface area contributed by atoms with Gasteiger partial charge in [0.05, 0.1) is 20.8 Å². The summed E-state index contributed by atoms with van der Waals surface area (Å²) in [6.45, 7) is 6.53. The number of hydrogen-bond donors (Lipinski definition) is 0. The third kappa shape index (κ3) is 5.33. The monoisotopic (exact) mass is 440 g/mol. The van der Waals surface area contributed by atoms with Crippen LogP contribution in [-0.4, -0.2) is 68.6 Å². The molecule has 1 fully saturated rings. The molecule has 172 valence electrons. The fourth-order valence-corrected chi connectivity index (χ4v) is 3.96. The van der Waals surface area contributed by atoms with Crippen LogP contribution in [0.5, 0.6) is 17.2 Å². The number of rotatable bonds is 8. The van der Waals surface area contributed by atoms with Gasteiger partial charge in [-0.15, -0.1) is 0 Å². The summed E-state index contributed by atoms with van der Waals surface area (Å²) in [5, 5.41) is 0. The number of nitrogens with zero attached hydrogens (tertiary/aromatic N) is 2. The fourth-order valence-electron chi connectivity index (χ4n) is 3.96. The van der Waals surface area contributed by atoms with E-state index >= 15 is 0 Å². The molecule has 1 aliphatic heterocycles. The second kappa shape index (κ2) is 10.9. The smallest absolute Gasteiger partial charge is 0.261 e. The summed E-state index contributed by atoms with van der Waals surface area (Å²) < 4.78 is 16.6. The summed E-state index contributed by atoms with van der Waals surface area (Å²) in [6.07, 6.45) is 1.09. The minimum Gasteiger partial charge on any atom is -0.496 e. The van der Waals surface area contributed by atoms with Crippen LogP contribution in [0.15, 0.2) is 36.4 Å². The molecule has 1 heterocycles. The number of carbonyl (C=O) groups excluding carboxylic acids is 2. The largest absolute Gasteiger partial charge is 0.496 e. The van der Waals surface area contributed by atoms with E-state index in [0.717, 1.165) is 16.9 Å². The van der Waals surface area contributed by atoms with Crippen LogP contribution >= 0.6 is 0 Å². The molecule has 2 amide bonds. The van der Waals surface area contributed by atoms with Gasteiger partial charge >= 0.3 is 0 Å². The van der Waals surface area contributed by atoms with Crippen LogP contribution in [0.2, 0.25) is 0 Å². The first-order chi connectivity index (χ1) is 15.5. The predicted octanol–water partition coefficient (Wildman–Crippen LogP) is 3.46. The number of para-hydroxylation sites is 1. The van der Waals surface area contributed by atoms with Gasteiger partial charge in [0.15, 0.2) is 0 Å². The van der Waals surface area contributed by atoms with Crippen LogP contribution in [0, 0.1) is 13.8 Å². The molecule has 7 heteroatoms. The van der Waals surface area contributed by atoms with Crippen molar-refractivity contribution < 1.29 is 23.8 Å². The van der Waals surface area contributed by atoms with Crippen molar-refractivity contribution >= 4 is 11.8 Å². The van der Waals surface area contributed by atoms with Crippen LogP contribution < -0.4 is 14.2 Å². The van der Waals surface area contributed by atoms with Gasteiger partial charge in [-0.05, 0) is 43.5 Å². The van der Waals surface area contributed by atoms with Gasteiger partial charge in [0.2, 0.25) is 5.91 Å². The van der Waals surface area contributed by atoms with Gasteiger partial charge in [0.1, 0.15) is 22.8 Å². The van der Waals surface area contributed by atoms with Crippen molar-refractivity contribution in [3.8, 4) is 17.2 Å². The molecule has 0 saturated carbocycles. The molecule has 7 nitrogen and oxygen atoms in total. The first-order valence-corrected chi connectivity index (χ1v) is 10.9. The summed E-state index contributed by atoms with van der Waals surface area (Å²) in [4.78, 5) is 29.3. The fraction of sp³-hybridized carbons (Fsp3) is 0.440. The summed E-state index contributed by atoms with van der Waals surface area (Å²) in [7, 11) is 3.07. The Morgan fingerprint density at radius 1 is 0.844 bits per heavy atom. The Balaban J connectivity index is 1.48. The highest BCUT2D eigenvalue weighted by Gasteiger charge is 2.28. The van der Waals surface area contributed by atoms with Crippen LogP contribution in [0.1, 0.15) is 34.3 Å². The Bertz CT molecular complexity index is 909. The molecule has 0 atom stereocenters. The maximum atomic E-state index is 13.1. The molecule has 0 aliphatic carbocycles. The number of ether oxygens (including phenoxy) is 3. The molecule has 2 aromatic carbocycles. The van der Waals surface area contributed by atoms with Gasteiger partial charge in [-0.2, -0.15) is 0 Å². The number of amides is 2. The Morgan fingerprint density at radius 2 is 1.38 bits per heavy atom. The average Bonchev–Trinajstić information content (AvgIpc) is 2.82. The number of piperazine rings is 1. The van der Waals surface area contributed by atoms with Crippen LogP contribution in [0.25, 0.3) is 0 Å². The molecule has 0 unspecified atom stereocenters. The molecular weight excluding hydrogens is 408 g/mol. The zero-order valence-electron chi connectivity index (χ0n) is 19.3. The van der Waals surface area contributed by atoms with Crippen molar-refractivity contribution in [3.63, 3.8) is 0 Å². The average molecular weight is 441 g/mol. The molecule has 2 aromatic rings. The van der Waals surface area contributed by atoms with Crippen LogP contribution in [0.3, 0.4) is 0 Å². The first-order valence-electron chi connectivity index (χ1n) is 10.9. The molecule has 32 heavy (non-hydrogen) atoms. The van der Waals surface area contributed by atoms with E-state index in [2.05, 4.69) is 0 Å². The lowest BCUT2D eigenvalue weighted by atomic mass is 10.1. The second-order valence-electron chi connectivity index (χ2n) is 7.88. The maximum absolute atomic E-state index is 13.1. The Hall–Kier alpha value is -3.22. The highest BCUT2D eigenvalue weighted by Crippen LogP contribution is 2.30. The second-order valence-corrected chi connectivity index (χ2v) is 7.88. The van der Waals surface area contributed by atoms with E-state index in [9.17, 15) is 9.59 Å². The van der Waals surface area contributed by atoms with Crippen molar-refractivity contribution in [2.24, 2.45) is 0 Å². The number of methoxy groups -OCH3 is 2. The third-order valence-corrected chi connectivity index (χ3v) is 5.75. The van der Waals surface area contributed by atoms with Gasteiger partial charge in [-0.3, -0.25) is 9.59 Å². The summed E-state index contributed by atoms with van der Waals surface area (Å²) in [5.41, 5.74) is 2.62. The van der Waals surface area contributed by atoms with Gasteiger partial charge in [0.25, 0.3) is 5.91 Å². The van der Waals surface area contributed by atoms with E-state index < -0.39 is 0 Å². The van der Waals surface area contributed by atoms with E-state index in [1.807, 2.05) is 36.9 Å². The van der Waals surface area contributed by atoms with E-state index in [4.69, 9.17) is 14.2 Å². The van der Waals surface area contributed by atoms with E-state index in [1.54, 1.807) is 23.1 Å². The zero-order valence-corrected chi connectivity index (χ0v) is 19.3. The Kier molecular flexibility index (Phi) is 7.98. The minimum atomic E-state index is -0.145. The van der Waals surface area contributed by atoms with Gasteiger partial charge < -0.3 is 24.0 Å². The van der Waals surface area contributed by atoms with Crippen LogP contribution in [-0.2, 0) is 4.79 Å². The topological polar surface area (TPSA) is 68.3 Å². The van der Waals surface area contributed by atoms with Crippen molar-refractivity contribution in [3.05, 3.63) is 53.1 Å². The third-order valence-electron chi connectivity index (χ3n) is 5.75. The summed E-state index contributed by atoms with van der Waals surface area (Å²) >= 11 is 0. The first kappa shape index (κ1) is 23.4. The van der Waals surface area contributed by atoms with Gasteiger partial charge in [0, 0.05) is 32.6 Å². The maximum Gasteiger partial charge on any atom is 0.261 e. The van der Waals surface area contributed by atoms with Gasteiger partial charge in [-0.1, -0.05) is 24.3 Å². The highest BCUT2D eigenvalue weighted by atomic mass is 16.5. The Morgan fingerprint density at radius 3 is 1.94 bits per heavy atom. The molecule has 0 N–H and O–H groups in total. The summed E-state index contributed by atoms with van der Waals surface area (Å²) in [5.74, 6) is 1.82. The minimum absolute atomic E-state index is 0.0945. The molecule has 0 bridgehead atoms. The molecule has 0 aromatic heterocycles. The standard InChI is InChI=1S/C25H32N2O5/c1-18-8-5-9-19(2)24(18)32-17-7-12-22(28)26-13-15-27(16-14-26)25(29)23-20(30-3)10-6-11-21(23)31-4/h5-6,8-11H,7,12-17H2,1-4H3. The van der Waals surface area contributed by atoms with Crippen molar-refractivity contribution in [1.29, 1.82) is 0 Å². The number of hydrogen-bond acceptors (Lipinski definition) is 5. The molecule has 0 radical (unpaired) electrons. The Labute approximate surface area is 189 Å². The molecule has 3 rings (SSSR count). The lowest BCUT2D eigenvalue weighted by molar-refractivity contribution is -0.132. The summed E-state index contributed by atoms with van der Waals surface area (Å²) in [6, 6.07) is 11.3. The molecule has 1 saturated heterocycles. The highest BCUT2D eigenvalue weighted by molar-refractivity contribution is 6.00. The lowest BCUT2D eigenvalue weighted by Crippen LogP contribution is -2.50. The van der Waals surface area contributed by atoms with Crippen molar-refractivity contribution in [2.75, 3.05) is 47.0 Å². The van der Waals surface area contributed by atoms with Crippen LogP contribution in [0.4, 0.5) is 0 Å².